The molecule has 0 bridgehead atoms. The maximum Gasteiger partial charge on any atom is 0.273 e. The smallest absolute Gasteiger partial charge is 0.273 e. The summed E-state index contributed by atoms with van der Waals surface area (Å²) in [6.07, 6.45) is 1.34. The van der Waals surface area contributed by atoms with Gasteiger partial charge in [0.05, 0.1) is 0 Å². The molecule has 7 heteroatoms. The van der Waals surface area contributed by atoms with Gasteiger partial charge in [0.2, 0.25) is 0 Å². The highest BCUT2D eigenvalue weighted by molar-refractivity contribution is 7.09. The van der Waals surface area contributed by atoms with Crippen LogP contribution in [-0.2, 0) is 6.54 Å². The summed E-state index contributed by atoms with van der Waals surface area (Å²) in [5.74, 6) is -0.00792. The zero-order chi connectivity index (χ0) is 17.1. The van der Waals surface area contributed by atoms with E-state index in [-0.39, 0.29) is 17.6 Å². The molecule has 24 heavy (non-hydrogen) atoms. The van der Waals surface area contributed by atoms with Gasteiger partial charge in [0.1, 0.15) is 10.7 Å². The predicted molar refractivity (Wildman–Crippen MR) is 94.4 cm³/mol. The minimum Gasteiger partial charge on any atom is -0.337 e. The van der Waals surface area contributed by atoms with Gasteiger partial charge in [0, 0.05) is 41.5 Å². The zero-order valence-electron chi connectivity index (χ0n) is 13.1. The Kier molecular flexibility index (Phi) is 5.28. The van der Waals surface area contributed by atoms with E-state index in [9.17, 15) is 9.59 Å². The van der Waals surface area contributed by atoms with E-state index in [1.165, 1.54) is 11.3 Å². The van der Waals surface area contributed by atoms with Gasteiger partial charge in [-0.15, -0.1) is 11.3 Å². The molecule has 1 fully saturated rings. The van der Waals surface area contributed by atoms with Crippen molar-refractivity contribution < 1.29 is 9.59 Å². The minimum absolute atomic E-state index is 0.0507. The lowest BCUT2D eigenvalue weighted by Gasteiger charge is -2.30. The topological polar surface area (TPSA) is 76.3 Å². The van der Waals surface area contributed by atoms with Crippen molar-refractivity contribution in [1.82, 2.24) is 9.88 Å². The fourth-order valence-corrected chi connectivity index (χ4v) is 3.63. The number of aromatic nitrogens is 1. The van der Waals surface area contributed by atoms with Gasteiger partial charge >= 0.3 is 0 Å². The number of hydrogen-bond acceptors (Lipinski definition) is 5. The molecule has 1 aromatic carbocycles. The van der Waals surface area contributed by atoms with Gasteiger partial charge in [-0.2, -0.15) is 0 Å². The molecule has 126 valence electrons. The first-order valence-corrected chi connectivity index (χ1v) is 9.07. The maximum atomic E-state index is 12.5. The third-order valence-electron chi connectivity index (χ3n) is 4.23. The Morgan fingerprint density at radius 1 is 1.25 bits per heavy atom. The van der Waals surface area contributed by atoms with Gasteiger partial charge < -0.3 is 10.6 Å². The second-order valence-corrected chi connectivity index (χ2v) is 7.15. The van der Waals surface area contributed by atoms with Gasteiger partial charge in [-0.1, -0.05) is 11.6 Å². The van der Waals surface area contributed by atoms with Crippen molar-refractivity contribution in [1.29, 1.82) is 0 Å². The monoisotopic (exact) mass is 363 g/mol. The highest BCUT2D eigenvalue weighted by atomic mass is 35.5. The molecule has 0 radical (unpaired) electrons. The average molecular weight is 364 g/mol. The van der Waals surface area contributed by atoms with Crippen molar-refractivity contribution in [3.63, 3.8) is 0 Å². The van der Waals surface area contributed by atoms with Crippen LogP contribution >= 0.6 is 22.9 Å². The summed E-state index contributed by atoms with van der Waals surface area (Å²) in [6.45, 7) is 1.48. The lowest BCUT2D eigenvalue weighted by molar-refractivity contribution is 0.0646. The number of piperidine rings is 1. The number of carbonyl (C=O) groups excluding carboxylic acids is 2. The van der Waals surface area contributed by atoms with Crippen LogP contribution < -0.4 is 5.73 Å². The quantitative estimate of drug-likeness (QED) is 0.847. The third-order valence-corrected chi connectivity index (χ3v) is 5.35. The number of hydrogen-bond donors (Lipinski definition) is 1. The Labute approximate surface area is 149 Å². The van der Waals surface area contributed by atoms with E-state index in [1.54, 1.807) is 34.5 Å². The fourth-order valence-electron chi connectivity index (χ4n) is 2.86. The van der Waals surface area contributed by atoms with Crippen molar-refractivity contribution in [3.8, 4) is 0 Å². The van der Waals surface area contributed by atoms with Crippen molar-refractivity contribution in [3.05, 3.63) is 50.9 Å². The molecule has 1 aliphatic rings. The Balaban J connectivity index is 1.60. The summed E-state index contributed by atoms with van der Waals surface area (Å²) >= 11 is 7.26. The first-order valence-electron chi connectivity index (χ1n) is 7.82. The number of Topliss-reactive ketones (excluding diaryl/α,β-unsaturated/α-hetero) is 1. The van der Waals surface area contributed by atoms with E-state index < -0.39 is 0 Å². The van der Waals surface area contributed by atoms with Crippen LogP contribution in [0.5, 0.6) is 0 Å². The molecule has 5 nitrogen and oxygen atoms in total. The normalized spacial score (nSPS) is 15.5. The van der Waals surface area contributed by atoms with Crippen molar-refractivity contribution >= 4 is 34.6 Å². The molecule has 3 rings (SSSR count). The minimum atomic E-state index is -0.0802. The summed E-state index contributed by atoms with van der Waals surface area (Å²) in [5.41, 5.74) is 6.66. The van der Waals surface area contributed by atoms with Crippen LogP contribution in [0, 0.1) is 5.92 Å². The van der Waals surface area contributed by atoms with Crippen LogP contribution in [0.25, 0.3) is 0 Å². The molecule has 0 saturated carbocycles. The summed E-state index contributed by atoms with van der Waals surface area (Å²) in [4.78, 5) is 31.0. The molecule has 1 aromatic heterocycles. The summed E-state index contributed by atoms with van der Waals surface area (Å²) < 4.78 is 0. The first kappa shape index (κ1) is 17.1. The van der Waals surface area contributed by atoms with Crippen molar-refractivity contribution in [2.75, 3.05) is 13.1 Å². The summed E-state index contributed by atoms with van der Waals surface area (Å²) in [7, 11) is 0. The van der Waals surface area contributed by atoms with E-state index in [0.717, 1.165) is 5.01 Å². The third kappa shape index (κ3) is 3.66. The number of benzene rings is 1. The molecule has 1 aliphatic heterocycles. The second kappa shape index (κ2) is 7.42. The van der Waals surface area contributed by atoms with E-state index in [2.05, 4.69) is 4.98 Å². The van der Waals surface area contributed by atoms with Crippen molar-refractivity contribution in [2.45, 2.75) is 19.4 Å². The van der Waals surface area contributed by atoms with Crippen LogP contribution in [0.1, 0.15) is 38.7 Å². The number of nitrogens with two attached hydrogens (primary N) is 1. The maximum absolute atomic E-state index is 12.5. The van der Waals surface area contributed by atoms with E-state index in [4.69, 9.17) is 17.3 Å². The number of ketones is 1. The molecule has 0 unspecified atom stereocenters. The summed E-state index contributed by atoms with van der Waals surface area (Å²) in [5, 5.41) is 3.12. The fraction of sp³-hybridized carbons (Fsp3) is 0.353. The predicted octanol–water partition coefficient (Wildman–Crippen LogP) is 2.99. The number of halogens is 1. The molecule has 0 aliphatic carbocycles. The average Bonchev–Trinajstić information content (AvgIpc) is 3.10. The molecule has 1 amide bonds. The molecule has 1 saturated heterocycles. The van der Waals surface area contributed by atoms with Gasteiger partial charge in [0.15, 0.2) is 5.78 Å². The first-order chi connectivity index (χ1) is 11.6. The molecule has 2 aromatic rings. The largest absolute Gasteiger partial charge is 0.337 e. The molecular formula is C17H18ClN3O2S. The Bertz CT molecular complexity index is 737. The molecule has 2 N–H and O–H groups in total. The Morgan fingerprint density at radius 3 is 2.50 bits per heavy atom. The highest BCUT2D eigenvalue weighted by Gasteiger charge is 2.29. The van der Waals surface area contributed by atoms with E-state index >= 15 is 0 Å². The number of likely N-dealkylation sites (tertiary alicyclic amines) is 1. The summed E-state index contributed by atoms with van der Waals surface area (Å²) in [6, 6.07) is 6.97. The lowest BCUT2D eigenvalue weighted by atomic mass is 9.89. The van der Waals surface area contributed by atoms with Gasteiger partial charge in [-0.05, 0) is 37.1 Å². The Morgan fingerprint density at radius 2 is 1.92 bits per heavy atom. The van der Waals surface area contributed by atoms with E-state index in [0.29, 0.717) is 48.8 Å². The number of amides is 1. The van der Waals surface area contributed by atoms with Crippen LogP contribution in [0.3, 0.4) is 0 Å². The van der Waals surface area contributed by atoms with Crippen LogP contribution in [0.2, 0.25) is 5.02 Å². The number of nitrogens with zero attached hydrogens (tertiary/aromatic N) is 2. The molecule has 0 atom stereocenters. The SMILES string of the molecule is NCc1nc(C(=O)N2CCC(C(=O)c3ccc(Cl)cc3)CC2)cs1. The standard InChI is InChI=1S/C17H18ClN3O2S/c18-13-3-1-11(2-4-13)16(22)12-5-7-21(8-6-12)17(23)14-10-24-15(9-19)20-14/h1-4,10,12H,5-9,19H2. The molecular weight excluding hydrogens is 346 g/mol. The molecule has 0 spiro atoms. The molecule has 2 heterocycles. The van der Waals surface area contributed by atoms with Crippen LogP contribution in [0.4, 0.5) is 0 Å². The second-order valence-electron chi connectivity index (χ2n) is 5.77. The van der Waals surface area contributed by atoms with Crippen LogP contribution in [-0.4, -0.2) is 34.7 Å². The van der Waals surface area contributed by atoms with Crippen molar-refractivity contribution in [2.24, 2.45) is 11.7 Å². The van der Waals surface area contributed by atoms with Gasteiger partial charge in [-0.3, -0.25) is 9.59 Å². The lowest BCUT2D eigenvalue weighted by Crippen LogP contribution is -2.40. The van der Waals surface area contributed by atoms with Gasteiger partial charge in [0.25, 0.3) is 5.91 Å². The number of thiazole rings is 1. The van der Waals surface area contributed by atoms with Gasteiger partial charge in [-0.25, -0.2) is 4.98 Å². The number of carbonyl (C=O) groups is 2. The Hall–Kier alpha value is -1.76. The highest BCUT2D eigenvalue weighted by Crippen LogP contribution is 2.24. The number of rotatable bonds is 4. The zero-order valence-corrected chi connectivity index (χ0v) is 14.6. The van der Waals surface area contributed by atoms with Crippen LogP contribution in [0.15, 0.2) is 29.6 Å². The van der Waals surface area contributed by atoms with E-state index in [1.807, 2.05) is 0 Å².